The molecule has 1 atom stereocenters. The maximum absolute atomic E-state index is 6.13. The van der Waals surface area contributed by atoms with Crippen molar-refractivity contribution in [3.8, 4) is 0 Å². The zero-order chi connectivity index (χ0) is 21.0. The molecular formula is C23H39IN4O3. The first-order chi connectivity index (χ1) is 14.8. The second-order valence-electron chi connectivity index (χ2n) is 8.03. The summed E-state index contributed by atoms with van der Waals surface area (Å²) in [6, 6.07) is 8.49. The minimum atomic E-state index is 0. The molecule has 1 aromatic rings. The number of hydrogen-bond donors (Lipinski definition) is 2. The van der Waals surface area contributed by atoms with Crippen molar-refractivity contribution in [3.05, 3.63) is 29.8 Å². The molecule has 1 unspecified atom stereocenters. The molecule has 2 saturated heterocycles. The van der Waals surface area contributed by atoms with Gasteiger partial charge in [0, 0.05) is 52.6 Å². The third kappa shape index (κ3) is 9.11. The lowest BCUT2D eigenvalue weighted by atomic mass is 10.1. The molecule has 0 radical (unpaired) electrons. The Bertz CT molecular complexity index is 630. The molecule has 1 aromatic carbocycles. The number of benzene rings is 1. The highest BCUT2D eigenvalue weighted by Crippen LogP contribution is 2.18. The molecule has 0 aliphatic carbocycles. The Morgan fingerprint density at radius 3 is 2.58 bits per heavy atom. The number of aliphatic imine (C=N–C) groups is 1. The third-order valence-electron chi connectivity index (χ3n) is 5.79. The second kappa shape index (κ2) is 14.9. The number of ether oxygens (including phenoxy) is 3. The summed E-state index contributed by atoms with van der Waals surface area (Å²) >= 11 is 0. The first-order valence-electron chi connectivity index (χ1n) is 11.3. The molecular weight excluding hydrogens is 507 g/mol. The van der Waals surface area contributed by atoms with E-state index in [9.17, 15) is 0 Å². The minimum absolute atomic E-state index is 0. The molecule has 0 saturated carbocycles. The van der Waals surface area contributed by atoms with Crippen molar-refractivity contribution < 1.29 is 14.2 Å². The summed E-state index contributed by atoms with van der Waals surface area (Å²) in [7, 11) is 3.57. The summed E-state index contributed by atoms with van der Waals surface area (Å²) in [4.78, 5) is 6.81. The van der Waals surface area contributed by atoms with Crippen LogP contribution in [0.2, 0.25) is 0 Å². The second-order valence-corrected chi connectivity index (χ2v) is 8.03. The van der Waals surface area contributed by atoms with Gasteiger partial charge < -0.3 is 29.7 Å². The van der Waals surface area contributed by atoms with E-state index in [1.807, 2.05) is 7.05 Å². The van der Waals surface area contributed by atoms with Crippen molar-refractivity contribution in [3.63, 3.8) is 0 Å². The molecule has 3 rings (SSSR count). The van der Waals surface area contributed by atoms with Crippen LogP contribution in [0.15, 0.2) is 29.3 Å². The Balaban J connectivity index is 0.00000341. The molecule has 0 spiro atoms. The Labute approximate surface area is 204 Å². The van der Waals surface area contributed by atoms with E-state index in [4.69, 9.17) is 14.2 Å². The molecule has 0 bridgehead atoms. The highest BCUT2D eigenvalue weighted by atomic mass is 127. The quantitative estimate of drug-likeness (QED) is 0.214. The van der Waals surface area contributed by atoms with Gasteiger partial charge in [0.15, 0.2) is 5.96 Å². The Hall–Kier alpha value is -1.10. The summed E-state index contributed by atoms with van der Waals surface area (Å²) in [5.74, 6) is 0.964. The molecule has 0 amide bonds. The first-order valence-corrected chi connectivity index (χ1v) is 11.3. The number of methoxy groups -OCH3 is 1. The summed E-state index contributed by atoms with van der Waals surface area (Å²) in [6.07, 6.45) is 6.30. The summed E-state index contributed by atoms with van der Waals surface area (Å²) in [6.45, 7) is 5.86. The topological polar surface area (TPSA) is 67.4 Å². The van der Waals surface area contributed by atoms with E-state index < -0.39 is 0 Å². The van der Waals surface area contributed by atoms with Crippen LogP contribution in [-0.2, 0) is 20.8 Å². The SMILES string of the molecule is CN=C(NCc1ccc(NCCOC)cc1)N1CCC(OCC2CCCCO2)CC1.I. The van der Waals surface area contributed by atoms with Gasteiger partial charge in [0.1, 0.15) is 0 Å². The standard InChI is InChI=1S/C23H38N4O3.HI/c1-24-23(26-17-19-6-8-20(9-7-19)25-12-16-28-2)27-13-10-21(11-14-27)30-18-22-5-3-4-15-29-22;/h6-9,21-22,25H,3-5,10-18H2,1-2H3,(H,24,26);1H. The number of nitrogens with one attached hydrogen (secondary N) is 2. The smallest absolute Gasteiger partial charge is 0.193 e. The van der Waals surface area contributed by atoms with E-state index in [0.717, 1.165) is 70.3 Å². The summed E-state index contributed by atoms with van der Waals surface area (Å²) in [5, 5.41) is 6.84. The van der Waals surface area contributed by atoms with Gasteiger partial charge in [-0.3, -0.25) is 4.99 Å². The lowest BCUT2D eigenvalue weighted by Crippen LogP contribution is -2.47. The summed E-state index contributed by atoms with van der Waals surface area (Å²) in [5.41, 5.74) is 2.35. The van der Waals surface area contributed by atoms with Gasteiger partial charge in [-0.05, 0) is 49.8 Å². The average Bonchev–Trinajstić information content (AvgIpc) is 2.81. The highest BCUT2D eigenvalue weighted by Gasteiger charge is 2.23. The van der Waals surface area contributed by atoms with Crippen molar-refractivity contribution in [2.45, 2.75) is 50.9 Å². The van der Waals surface area contributed by atoms with E-state index in [2.05, 4.69) is 44.8 Å². The zero-order valence-electron chi connectivity index (χ0n) is 19.0. The maximum atomic E-state index is 6.13. The fourth-order valence-corrected chi connectivity index (χ4v) is 3.97. The van der Waals surface area contributed by atoms with E-state index >= 15 is 0 Å². The molecule has 2 N–H and O–H groups in total. The van der Waals surface area contributed by atoms with Crippen LogP contribution >= 0.6 is 24.0 Å². The van der Waals surface area contributed by atoms with Crippen LogP contribution in [0.4, 0.5) is 5.69 Å². The largest absolute Gasteiger partial charge is 0.383 e. The van der Waals surface area contributed by atoms with Crippen LogP contribution in [0.5, 0.6) is 0 Å². The number of rotatable bonds is 9. The Morgan fingerprint density at radius 2 is 1.94 bits per heavy atom. The van der Waals surface area contributed by atoms with Gasteiger partial charge in [-0.1, -0.05) is 12.1 Å². The molecule has 31 heavy (non-hydrogen) atoms. The van der Waals surface area contributed by atoms with Crippen molar-refractivity contribution in [2.75, 3.05) is 58.9 Å². The maximum Gasteiger partial charge on any atom is 0.193 e. The fraction of sp³-hybridized carbons (Fsp3) is 0.696. The van der Waals surface area contributed by atoms with Gasteiger partial charge >= 0.3 is 0 Å². The molecule has 0 aromatic heterocycles. The van der Waals surface area contributed by atoms with Crippen LogP contribution in [0.3, 0.4) is 0 Å². The number of anilines is 1. The van der Waals surface area contributed by atoms with Gasteiger partial charge in [0.2, 0.25) is 0 Å². The van der Waals surface area contributed by atoms with Gasteiger partial charge in [-0.2, -0.15) is 0 Å². The van der Waals surface area contributed by atoms with Crippen LogP contribution in [0, 0.1) is 0 Å². The Morgan fingerprint density at radius 1 is 1.16 bits per heavy atom. The van der Waals surface area contributed by atoms with E-state index in [1.54, 1.807) is 7.11 Å². The number of likely N-dealkylation sites (tertiary alicyclic amines) is 1. The number of hydrogen-bond acceptors (Lipinski definition) is 5. The highest BCUT2D eigenvalue weighted by molar-refractivity contribution is 14.0. The Kier molecular flexibility index (Phi) is 12.5. The van der Waals surface area contributed by atoms with Gasteiger partial charge in [-0.25, -0.2) is 0 Å². The molecule has 2 aliphatic heterocycles. The predicted molar refractivity (Wildman–Crippen MR) is 137 cm³/mol. The van der Waals surface area contributed by atoms with Crippen LogP contribution in [-0.4, -0.2) is 76.7 Å². The van der Waals surface area contributed by atoms with Gasteiger partial charge in [0.25, 0.3) is 0 Å². The van der Waals surface area contributed by atoms with Gasteiger partial charge in [0.05, 0.1) is 25.4 Å². The fourth-order valence-electron chi connectivity index (χ4n) is 3.97. The average molecular weight is 546 g/mol. The predicted octanol–water partition coefficient (Wildman–Crippen LogP) is 3.49. The van der Waals surface area contributed by atoms with E-state index in [0.29, 0.717) is 18.8 Å². The monoisotopic (exact) mass is 546 g/mol. The third-order valence-corrected chi connectivity index (χ3v) is 5.79. The lowest BCUT2D eigenvalue weighted by Gasteiger charge is -2.35. The molecule has 176 valence electrons. The normalized spacial score (nSPS) is 20.3. The van der Waals surface area contributed by atoms with Crippen molar-refractivity contribution in [1.29, 1.82) is 0 Å². The number of halogens is 1. The van der Waals surface area contributed by atoms with E-state index in [1.165, 1.54) is 18.4 Å². The molecule has 8 heteroatoms. The first kappa shape index (κ1) is 26.2. The number of nitrogens with zero attached hydrogens (tertiary/aromatic N) is 2. The summed E-state index contributed by atoms with van der Waals surface area (Å²) < 4.78 is 17.0. The van der Waals surface area contributed by atoms with Crippen molar-refractivity contribution in [2.24, 2.45) is 4.99 Å². The molecule has 7 nitrogen and oxygen atoms in total. The minimum Gasteiger partial charge on any atom is -0.383 e. The molecule has 2 aliphatic rings. The van der Waals surface area contributed by atoms with Crippen LogP contribution < -0.4 is 10.6 Å². The lowest BCUT2D eigenvalue weighted by molar-refractivity contribution is -0.0721. The van der Waals surface area contributed by atoms with Crippen molar-refractivity contribution >= 4 is 35.6 Å². The van der Waals surface area contributed by atoms with Crippen LogP contribution in [0.25, 0.3) is 0 Å². The van der Waals surface area contributed by atoms with Crippen molar-refractivity contribution in [1.82, 2.24) is 10.2 Å². The number of piperidine rings is 1. The molecule has 2 fully saturated rings. The molecule has 2 heterocycles. The van der Waals surface area contributed by atoms with Crippen LogP contribution in [0.1, 0.15) is 37.7 Å². The zero-order valence-corrected chi connectivity index (χ0v) is 21.3. The van der Waals surface area contributed by atoms with E-state index in [-0.39, 0.29) is 24.0 Å². The number of guanidine groups is 1. The van der Waals surface area contributed by atoms with Gasteiger partial charge in [-0.15, -0.1) is 24.0 Å².